The van der Waals surface area contributed by atoms with Crippen LogP contribution in [-0.4, -0.2) is 23.1 Å². The Morgan fingerprint density at radius 3 is 2.35 bits per heavy atom. The molecule has 3 aromatic rings. The van der Waals surface area contributed by atoms with Gasteiger partial charge < -0.3 is 10.6 Å². The van der Waals surface area contributed by atoms with Crippen LogP contribution in [0, 0.1) is 0 Å². The Morgan fingerprint density at radius 1 is 0.769 bits per heavy atom. The Labute approximate surface area is 159 Å². The van der Waals surface area contributed by atoms with Gasteiger partial charge in [-0.05, 0) is 48.6 Å². The van der Waals surface area contributed by atoms with E-state index in [9.17, 15) is 0 Å². The molecule has 1 heterocycles. The molecule has 0 saturated carbocycles. The van der Waals surface area contributed by atoms with Crippen LogP contribution in [0.1, 0.15) is 17.5 Å². The van der Waals surface area contributed by atoms with Crippen molar-refractivity contribution in [2.75, 3.05) is 23.7 Å². The van der Waals surface area contributed by atoms with E-state index in [0.29, 0.717) is 5.95 Å². The van der Waals surface area contributed by atoms with Gasteiger partial charge in [-0.15, -0.1) is 0 Å². The van der Waals surface area contributed by atoms with Gasteiger partial charge in [0.25, 0.3) is 0 Å². The highest BCUT2D eigenvalue weighted by Crippen LogP contribution is 2.11. The van der Waals surface area contributed by atoms with Crippen LogP contribution in [0.15, 0.2) is 66.9 Å². The first-order chi connectivity index (χ1) is 12.8. The fourth-order valence-electron chi connectivity index (χ4n) is 2.67. The molecule has 0 radical (unpaired) electrons. The van der Waals surface area contributed by atoms with Gasteiger partial charge in [-0.2, -0.15) is 4.98 Å². The number of rotatable bonds is 9. The number of anilines is 2. The fraction of sp³-hybridized carbons (Fsp3) is 0.238. The van der Waals surface area contributed by atoms with Crippen LogP contribution < -0.4 is 10.6 Å². The van der Waals surface area contributed by atoms with Gasteiger partial charge in [0.15, 0.2) is 0 Å². The first kappa shape index (κ1) is 18.2. The highest BCUT2D eigenvalue weighted by Gasteiger charge is 2.00. The first-order valence-corrected chi connectivity index (χ1v) is 9.26. The van der Waals surface area contributed by atoms with Gasteiger partial charge in [-0.3, -0.25) is 0 Å². The summed E-state index contributed by atoms with van der Waals surface area (Å²) < 4.78 is 0. The van der Waals surface area contributed by atoms with E-state index in [1.807, 2.05) is 36.4 Å². The second-order valence-corrected chi connectivity index (χ2v) is 6.52. The summed E-state index contributed by atoms with van der Waals surface area (Å²) in [5, 5.41) is 7.40. The lowest BCUT2D eigenvalue weighted by molar-refractivity contribution is 0.852. The van der Waals surface area contributed by atoms with Crippen LogP contribution in [-0.2, 0) is 12.8 Å². The smallest absolute Gasteiger partial charge is 0.224 e. The van der Waals surface area contributed by atoms with E-state index in [0.717, 1.165) is 43.2 Å². The molecular weight excluding hydrogens is 344 g/mol. The van der Waals surface area contributed by atoms with E-state index in [2.05, 4.69) is 44.9 Å². The maximum Gasteiger partial charge on any atom is 0.224 e. The third-order valence-electron chi connectivity index (χ3n) is 4.06. The molecule has 2 aromatic carbocycles. The SMILES string of the molecule is Clc1ccc(CCNc2ccnc(NCCCc3ccccc3)n2)cc1. The van der Waals surface area contributed by atoms with Crippen molar-refractivity contribution in [2.45, 2.75) is 19.3 Å². The molecule has 0 spiro atoms. The molecule has 5 heteroatoms. The summed E-state index contributed by atoms with van der Waals surface area (Å²) in [6.45, 7) is 1.66. The number of hydrogen-bond donors (Lipinski definition) is 2. The number of hydrogen-bond acceptors (Lipinski definition) is 4. The van der Waals surface area contributed by atoms with Gasteiger partial charge in [0.1, 0.15) is 5.82 Å². The van der Waals surface area contributed by atoms with E-state index in [-0.39, 0.29) is 0 Å². The predicted octanol–water partition coefficient (Wildman–Crippen LogP) is 4.83. The Hall–Kier alpha value is -2.59. The maximum atomic E-state index is 5.91. The molecule has 0 bridgehead atoms. The molecule has 26 heavy (non-hydrogen) atoms. The van der Waals surface area contributed by atoms with Crippen molar-refractivity contribution in [1.29, 1.82) is 0 Å². The van der Waals surface area contributed by atoms with E-state index in [1.54, 1.807) is 6.20 Å². The quantitative estimate of drug-likeness (QED) is 0.532. The zero-order valence-corrected chi connectivity index (χ0v) is 15.4. The van der Waals surface area contributed by atoms with E-state index in [1.165, 1.54) is 11.1 Å². The highest BCUT2D eigenvalue weighted by atomic mass is 35.5. The maximum absolute atomic E-state index is 5.91. The molecule has 0 unspecified atom stereocenters. The molecule has 4 nitrogen and oxygen atoms in total. The van der Waals surface area contributed by atoms with Crippen molar-refractivity contribution in [3.05, 3.63) is 83.0 Å². The third-order valence-corrected chi connectivity index (χ3v) is 4.31. The lowest BCUT2D eigenvalue weighted by Crippen LogP contribution is -2.10. The number of nitrogens with one attached hydrogen (secondary N) is 2. The van der Waals surface area contributed by atoms with Crippen LogP contribution in [0.3, 0.4) is 0 Å². The minimum Gasteiger partial charge on any atom is -0.370 e. The van der Waals surface area contributed by atoms with Crippen molar-refractivity contribution in [3.8, 4) is 0 Å². The lowest BCUT2D eigenvalue weighted by atomic mass is 10.1. The Bertz CT molecular complexity index is 791. The highest BCUT2D eigenvalue weighted by molar-refractivity contribution is 6.30. The van der Waals surface area contributed by atoms with E-state index >= 15 is 0 Å². The molecule has 0 aliphatic carbocycles. The number of aromatic nitrogens is 2. The molecule has 1 aromatic heterocycles. The van der Waals surface area contributed by atoms with Crippen LogP contribution in [0.25, 0.3) is 0 Å². The number of benzene rings is 2. The first-order valence-electron chi connectivity index (χ1n) is 8.89. The minimum absolute atomic E-state index is 0.662. The molecule has 134 valence electrons. The molecule has 0 saturated heterocycles. The standard InChI is InChI=1S/C21H23ClN4/c22-19-10-8-18(9-11-19)12-15-23-20-13-16-25-21(26-20)24-14-4-7-17-5-2-1-3-6-17/h1-3,5-6,8-11,13,16H,4,7,12,14-15H2,(H2,23,24,25,26). The summed E-state index contributed by atoms with van der Waals surface area (Å²) in [4.78, 5) is 8.79. The third kappa shape index (κ3) is 6.05. The monoisotopic (exact) mass is 366 g/mol. The summed E-state index contributed by atoms with van der Waals surface area (Å²) in [5.74, 6) is 1.49. The fourth-order valence-corrected chi connectivity index (χ4v) is 2.79. The van der Waals surface area contributed by atoms with Crippen LogP contribution >= 0.6 is 11.6 Å². The molecule has 0 aliphatic rings. The van der Waals surface area contributed by atoms with Crippen LogP contribution in [0.2, 0.25) is 5.02 Å². The molecule has 0 fully saturated rings. The Balaban J connectivity index is 1.40. The van der Waals surface area contributed by atoms with Gasteiger partial charge in [-0.25, -0.2) is 4.98 Å². The average molecular weight is 367 g/mol. The summed E-state index contributed by atoms with van der Waals surface area (Å²) in [6, 6.07) is 20.3. The van der Waals surface area contributed by atoms with Gasteiger partial charge >= 0.3 is 0 Å². The van der Waals surface area contributed by atoms with Crippen molar-refractivity contribution in [3.63, 3.8) is 0 Å². The topological polar surface area (TPSA) is 49.8 Å². The van der Waals surface area contributed by atoms with Gasteiger partial charge in [0.05, 0.1) is 0 Å². The average Bonchev–Trinajstić information content (AvgIpc) is 2.68. The largest absolute Gasteiger partial charge is 0.370 e. The summed E-state index contributed by atoms with van der Waals surface area (Å²) in [6.07, 6.45) is 4.78. The van der Waals surface area contributed by atoms with E-state index < -0.39 is 0 Å². The minimum atomic E-state index is 0.662. The summed E-state index contributed by atoms with van der Waals surface area (Å²) in [7, 11) is 0. The normalized spacial score (nSPS) is 10.5. The van der Waals surface area contributed by atoms with Gasteiger partial charge in [0.2, 0.25) is 5.95 Å². The Kier molecular flexibility index (Phi) is 6.85. The molecule has 2 N–H and O–H groups in total. The molecule has 0 atom stereocenters. The lowest BCUT2D eigenvalue weighted by Gasteiger charge is -2.09. The van der Waals surface area contributed by atoms with Crippen molar-refractivity contribution >= 4 is 23.4 Å². The zero-order chi connectivity index (χ0) is 18.0. The van der Waals surface area contributed by atoms with Crippen LogP contribution in [0.4, 0.5) is 11.8 Å². The van der Waals surface area contributed by atoms with Gasteiger partial charge in [0, 0.05) is 24.3 Å². The summed E-state index contributed by atoms with van der Waals surface area (Å²) >= 11 is 5.91. The zero-order valence-electron chi connectivity index (χ0n) is 14.7. The predicted molar refractivity (Wildman–Crippen MR) is 109 cm³/mol. The second-order valence-electron chi connectivity index (χ2n) is 6.08. The van der Waals surface area contributed by atoms with E-state index in [4.69, 9.17) is 11.6 Å². The summed E-state index contributed by atoms with van der Waals surface area (Å²) in [5.41, 5.74) is 2.60. The second kappa shape index (κ2) is 9.78. The van der Waals surface area contributed by atoms with Crippen molar-refractivity contribution in [1.82, 2.24) is 9.97 Å². The molecule has 0 amide bonds. The number of nitrogens with zero attached hydrogens (tertiary/aromatic N) is 2. The Morgan fingerprint density at radius 2 is 1.54 bits per heavy atom. The molecule has 0 aliphatic heterocycles. The number of aryl methyl sites for hydroxylation is 1. The van der Waals surface area contributed by atoms with Crippen molar-refractivity contribution < 1.29 is 0 Å². The van der Waals surface area contributed by atoms with Gasteiger partial charge in [-0.1, -0.05) is 54.1 Å². The molecule has 3 rings (SSSR count). The van der Waals surface area contributed by atoms with Crippen LogP contribution in [0.5, 0.6) is 0 Å². The molecular formula is C21H23ClN4. The number of halogens is 1. The van der Waals surface area contributed by atoms with Crippen molar-refractivity contribution in [2.24, 2.45) is 0 Å².